The lowest BCUT2D eigenvalue weighted by molar-refractivity contribution is 0.567. The molecule has 0 fully saturated rings. The molecule has 0 amide bonds. The molecular weight excluding hydrogens is 310 g/mol. The minimum atomic E-state index is -0.137. The van der Waals surface area contributed by atoms with Crippen molar-refractivity contribution in [1.29, 1.82) is 0 Å². The van der Waals surface area contributed by atoms with E-state index in [1.807, 2.05) is 61.6 Å². The molecule has 0 aliphatic carbocycles. The minimum Gasteiger partial charge on any atom is -0.383 e. The molecule has 4 nitrogen and oxygen atoms in total. The molecule has 1 heterocycles. The molecule has 0 aliphatic rings. The molecule has 2 aromatic carbocycles. The molecule has 1 aromatic heterocycles. The number of para-hydroxylation sites is 2. The highest BCUT2D eigenvalue weighted by Gasteiger charge is 2.12. The normalized spacial score (nSPS) is 11.3. The fourth-order valence-corrected chi connectivity index (χ4v) is 2.56. The lowest BCUT2D eigenvalue weighted by atomic mass is 10.2. The van der Waals surface area contributed by atoms with Crippen LogP contribution >= 0.6 is 11.6 Å². The van der Waals surface area contributed by atoms with Crippen LogP contribution in [0.4, 0.5) is 0 Å². The van der Waals surface area contributed by atoms with Crippen LogP contribution in [0.2, 0.25) is 5.02 Å². The summed E-state index contributed by atoms with van der Waals surface area (Å²) < 4.78 is 1.55. The van der Waals surface area contributed by atoms with Gasteiger partial charge >= 0.3 is 0 Å². The van der Waals surface area contributed by atoms with Gasteiger partial charge < -0.3 is 4.90 Å². The largest absolute Gasteiger partial charge is 0.383 e. The molecule has 116 valence electrons. The Balaban J connectivity index is 2.38. The Bertz CT molecular complexity index is 944. The summed E-state index contributed by atoms with van der Waals surface area (Å²) in [5.74, 6) is 0.538. The molecular formula is C18H16ClN3O. The number of benzene rings is 2. The molecule has 0 unspecified atom stereocenters. The first-order valence-electron chi connectivity index (χ1n) is 7.19. The summed E-state index contributed by atoms with van der Waals surface area (Å²) in [6.07, 6.45) is 3.65. The Morgan fingerprint density at radius 1 is 1.09 bits per heavy atom. The van der Waals surface area contributed by atoms with E-state index in [1.54, 1.807) is 22.8 Å². The van der Waals surface area contributed by atoms with Crippen LogP contribution in [0.25, 0.3) is 22.7 Å². The maximum absolute atomic E-state index is 13.0. The summed E-state index contributed by atoms with van der Waals surface area (Å²) in [5, 5.41) is 1.07. The van der Waals surface area contributed by atoms with Crippen molar-refractivity contribution in [1.82, 2.24) is 14.5 Å². The van der Waals surface area contributed by atoms with Crippen molar-refractivity contribution in [3.05, 3.63) is 75.9 Å². The van der Waals surface area contributed by atoms with E-state index in [-0.39, 0.29) is 5.56 Å². The smallest absolute Gasteiger partial charge is 0.266 e. The number of nitrogens with zero attached hydrogens (tertiary/aromatic N) is 3. The first-order chi connectivity index (χ1) is 11.1. The maximum Gasteiger partial charge on any atom is 0.266 e. The molecule has 0 radical (unpaired) electrons. The lowest BCUT2D eigenvalue weighted by Crippen LogP contribution is -2.22. The van der Waals surface area contributed by atoms with Crippen LogP contribution in [0.5, 0.6) is 0 Å². The van der Waals surface area contributed by atoms with Crippen LogP contribution in [0.1, 0.15) is 5.82 Å². The minimum absolute atomic E-state index is 0.137. The summed E-state index contributed by atoms with van der Waals surface area (Å²) in [4.78, 5) is 19.5. The van der Waals surface area contributed by atoms with Crippen molar-refractivity contribution in [2.45, 2.75) is 0 Å². The van der Waals surface area contributed by atoms with E-state index in [9.17, 15) is 4.79 Å². The molecule has 0 atom stereocenters. The van der Waals surface area contributed by atoms with E-state index in [0.717, 1.165) is 0 Å². The SMILES string of the molecule is CN(C)C=Cc1nc2ccccc2c(=O)n1-c1ccccc1Cl. The number of halogens is 1. The van der Waals surface area contributed by atoms with Crippen molar-refractivity contribution in [2.75, 3.05) is 14.1 Å². The van der Waals surface area contributed by atoms with Gasteiger partial charge in [-0.05, 0) is 30.3 Å². The lowest BCUT2D eigenvalue weighted by Gasteiger charge is -2.13. The Morgan fingerprint density at radius 3 is 2.52 bits per heavy atom. The molecule has 0 N–H and O–H groups in total. The molecule has 0 bridgehead atoms. The zero-order valence-electron chi connectivity index (χ0n) is 12.9. The van der Waals surface area contributed by atoms with Gasteiger partial charge in [0.05, 0.1) is 21.6 Å². The molecule has 23 heavy (non-hydrogen) atoms. The van der Waals surface area contributed by atoms with Crippen molar-refractivity contribution in [3.63, 3.8) is 0 Å². The summed E-state index contributed by atoms with van der Waals surface area (Å²) in [7, 11) is 3.82. The molecule has 3 rings (SSSR count). The van der Waals surface area contributed by atoms with Crippen LogP contribution in [-0.2, 0) is 0 Å². The van der Waals surface area contributed by atoms with E-state index in [4.69, 9.17) is 11.6 Å². The predicted molar refractivity (Wildman–Crippen MR) is 95.1 cm³/mol. The first kappa shape index (κ1) is 15.3. The molecule has 0 spiro atoms. The third-order valence-electron chi connectivity index (χ3n) is 3.42. The summed E-state index contributed by atoms with van der Waals surface area (Å²) >= 11 is 6.29. The van der Waals surface area contributed by atoms with E-state index >= 15 is 0 Å². The zero-order chi connectivity index (χ0) is 16.4. The second-order valence-electron chi connectivity index (χ2n) is 5.36. The van der Waals surface area contributed by atoms with Gasteiger partial charge in [0.15, 0.2) is 0 Å². The summed E-state index contributed by atoms with van der Waals surface area (Å²) in [6, 6.07) is 14.6. The van der Waals surface area contributed by atoms with Gasteiger partial charge in [-0.1, -0.05) is 35.9 Å². The highest BCUT2D eigenvalue weighted by atomic mass is 35.5. The summed E-state index contributed by atoms with van der Waals surface area (Å²) in [6.45, 7) is 0. The van der Waals surface area contributed by atoms with Gasteiger partial charge in [0, 0.05) is 20.3 Å². The van der Waals surface area contributed by atoms with Gasteiger partial charge in [-0.25, -0.2) is 4.98 Å². The molecule has 3 aromatic rings. The highest BCUT2D eigenvalue weighted by molar-refractivity contribution is 6.32. The van der Waals surface area contributed by atoms with E-state index < -0.39 is 0 Å². The second kappa shape index (κ2) is 6.26. The van der Waals surface area contributed by atoms with Crippen molar-refractivity contribution in [2.24, 2.45) is 0 Å². The van der Waals surface area contributed by atoms with Crippen LogP contribution in [0.3, 0.4) is 0 Å². The topological polar surface area (TPSA) is 38.1 Å². The number of aromatic nitrogens is 2. The number of hydrogen-bond acceptors (Lipinski definition) is 3. The van der Waals surface area contributed by atoms with Crippen molar-refractivity contribution >= 4 is 28.6 Å². The number of fused-ring (bicyclic) bond motifs is 1. The fourth-order valence-electron chi connectivity index (χ4n) is 2.34. The maximum atomic E-state index is 13.0. The average Bonchev–Trinajstić information content (AvgIpc) is 2.54. The average molecular weight is 326 g/mol. The van der Waals surface area contributed by atoms with Crippen LogP contribution in [-0.4, -0.2) is 28.5 Å². The standard InChI is InChI=1S/C18H16ClN3O/c1-21(2)12-11-17-20-15-9-5-3-7-13(15)18(23)22(17)16-10-6-4-8-14(16)19/h3-12H,1-2H3. The quantitative estimate of drug-likeness (QED) is 0.739. The molecule has 0 saturated heterocycles. The van der Waals surface area contributed by atoms with Gasteiger partial charge in [0.1, 0.15) is 5.82 Å². The van der Waals surface area contributed by atoms with Gasteiger partial charge in [-0.15, -0.1) is 0 Å². The molecule has 0 saturated carbocycles. The zero-order valence-corrected chi connectivity index (χ0v) is 13.7. The first-order valence-corrected chi connectivity index (χ1v) is 7.57. The molecule has 5 heteroatoms. The van der Waals surface area contributed by atoms with Gasteiger partial charge in [0.25, 0.3) is 5.56 Å². The van der Waals surface area contributed by atoms with E-state index in [2.05, 4.69) is 4.98 Å². The van der Waals surface area contributed by atoms with Crippen LogP contribution in [0.15, 0.2) is 59.5 Å². The Kier molecular flexibility index (Phi) is 4.17. The van der Waals surface area contributed by atoms with E-state index in [0.29, 0.717) is 27.4 Å². The predicted octanol–water partition coefficient (Wildman–Crippen LogP) is 3.57. The van der Waals surface area contributed by atoms with Crippen LogP contribution in [0, 0.1) is 0 Å². The van der Waals surface area contributed by atoms with Gasteiger partial charge in [-0.2, -0.15) is 0 Å². The van der Waals surface area contributed by atoms with Crippen molar-refractivity contribution in [3.8, 4) is 5.69 Å². The highest BCUT2D eigenvalue weighted by Crippen LogP contribution is 2.21. The Morgan fingerprint density at radius 2 is 1.78 bits per heavy atom. The van der Waals surface area contributed by atoms with E-state index in [1.165, 1.54) is 0 Å². The number of rotatable bonds is 3. The Labute approximate surface area is 139 Å². The third kappa shape index (κ3) is 2.98. The monoisotopic (exact) mass is 325 g/mol. The van der Waals surface area contributed by atoms with Crippen LogP contribution < -0.4 is 5.56 Å². The fraction of sp³-hybridized carbons (Fsp3) is 0.111. The second-order valence-corrected chi connectivity index (χ2v) is 5.77. The van der Waals surface area contributed by atoms with Gasteiger partial charge in [-0.3, -0.25) is 9.36 Å². The van der Waals surface area contributed by atoms with Crippen molar-refractivity contribution < 1.29 is 0 Å². The molecule has 0 aliphatic heterocycles. The summed E-state index contributed by atoms with van der Waals surface area (Å²) in [5.41, 5.74) is 1.15. The number of hydrogen-bond donors (Lipinski definition) is 0. The Hall–Kier alpha value is -2.59. The third-order valence-corrected chi connectivity index (χ3v) is 3.74. The van der Waals surface area contributed by atoms with Gasteiger partial charge in [0.2, 0.25) is 0 Å².